The van der Waals surface area contributed by atoms with Gasteiger partial charge in [0.15, 0.2) is 16.6 Å². The van der Waals surface area contributed by atoms with Crippen molar-refractivity contribution in [3.63, 3.8) is 0 Å². The molecule has 0 aliphatic rings. The van der Waals surface area contributed by atoms with Crippen molar-refractivity contribution in [3.05, 3.63) is 29.3 Å². The molecule has 0 atom stereocenters. The number of likely N-dealkylation sites (N-methyl/N-ethyl adjacent to an activating group) is 1. The van der Waals surface area contributed by atoms with Gasteiger partial charge in [0.1, 0.15) is 0 Å². The van der Waals surface area contributed by atoms with Crippen LogP contribution in [-0.2, 0) is 50.8 Å². The van der Waals surface area contributed by atoms with Gasteiger partial charge in [0.25, 0.3) is 0 Å². The third-order valence-corrected chi connectivity index (χ3v) is 18.2. The van der Waals surface area contributed by atoms with Gasteiger partial charge in [-0.05, 0) is 72.4 Å². The molecule has 0 heterocycles. The first-order valence-corrected chi connectivity index (χ1v) is 22.3. The van der Waals surface area contributed by atoms with Crippen LogP contribution in [-0.4, -0.2) is 80.0 Å². The predicted octanol–water partition coefficient (Wildman–Crippen LogP) is 4.78. The predicted molar refractivity (Wildman–Crippen MR) is 193 cm³/mol. The summed E-state index contributed by atoms with van der Waals surface area (Å²) in [6.07, 6.45) is 1.38. The van der Waals surface area contributed by atoms with Gasteiger partial charge in [0, 0.05) is 25.6 Å². The normalized spacial score (nSPS) is 12.2. The molecular weight excluding hydrogens is 649 g/mol. The summed E-state index contributed by atoms with van der Waals surface area (Å²) >= 11 is 0. The third kappa shape index (κ3) is 15.0. The summed E-state index contributed by atoms with van der Waals surface area (Å²) in [4.78, 5) is 62.1. The summed E-state index contributed by atoms with van der Waals surface area (Å²) in [5.41, 5.74) is 2.53. The molecule has 0 bridgehead atoms. The van der Waals surface area contributed by atoms with Crippen molar-refractivity contribution in [2.75, 3.05) is 38.7 Å². The number of rotatable bonds is 18. The van der Waals surface area contributed by atoms with Gasteiger partial charge in [-0.25, -0.2) is 0 Å². The molecule has 0 aliphatic heterocycles. The maximum Gasteiger partial charge on any atom is 0.305 e. The summed E-state index contributed by atoms with van der Waals surface area (Å²) in [6, 6.07) is 5.92. The summed E-state index contributed by atoms with van der Waals surface area (Å²) in [6.45, 7) is 21.9. The number of unbranched alkanes of at least 4 members (excludes halogenated alkanes) is 1. The molecule has 0 unspecified atom stereocenters. The number of carbonyl (C=O) groups is 5. The molecule has 0 saturated heterocycles. The first kappa shape index (κ1) is 42.9. The molecule has 12 nitrogen and oxygen atoms in total. The highest BCUT2D eigenvalue weighted by atomic mass is 28.4. The van der Waals surface area contributed by atoms with Crippen LogP contribution in [0.5, 0.6) is 0 Å². The van der Waals surface area contributed by atoms with E-state index in [2.05, 4.69) is 94.5 Å². The van der Waals surface area contributed by atoms with E-state index < -0.39 is 28.4 Å². The summed E-state index contributed by atoms with van der Waals surface area (Å²) in [5, 5.41) is 7.54. The Morgan fingerprint density at radius 3 is 1.52 bits per heavy atom. The third-order valence-electron chi connectivity index (χ3n) is 9.20. The largest absolute Gasteiger partial charge is 0.469 e. The van der Waals surface area contributed by atoms with Gasteiger partial charge in [-0.3, -0.25) is 24.0 Å². The van der Waals surface area contributed by atoms with Crippen molar-refractivity contribution < 1.29 is 37.6 Å². The highest BCUT2D eigenvalue weighted by molar-refractivity contribution is 6.74. The topological polar surface area (TPSA) is 152 Å². The number of nitrogens with zero attached hydrogens (tertiary/aromatic N) is 1. The van der Waals surface area contributed by atoms with Crippen molar-refractivity contribution in [3.8, 4) is 0 Å². The number of ether oxygens (including phenoxy) is 1. The zero-order chi connectivity index (χ0) is 36.9. The van der Waals surface area contributed by atoms with Crippen LogP contribution in [0.3, 0.4) is 0 Å². The van der Waals surface area contributed by atoms with Crippen LogP contribution in [0.2, 0.25) is 36.3 Å². The number of carbonyl (C=O) groups excluding carboxylic acids is 5. The van der Waals surface area contributed by atoms with Gasteiger partial charge in [0.05, 0.1) is 40.0 Å². The first-order valence-electron chi connectivity index (χ1n) is 16.5. The van der Waals surface area contributed by atoms with Gasteiger partial charge in [-0.2, -0.15) is 0 Å². The molecule has 0 aliphatic carbocycles. The molecule has 1 rings (SSSR count). The molecule has 0 saturated carbocycles. The van der Waals surface area contributed by atoms with Crippen molar-refractivity contribution >= 4 is 51.9 Å². The van der Waals surface area contributed by atoms with Crippen LogP contribution >= 0.6 is 0 Å². The zero-order valence-corrected chi connectivity index (χ0v) is 33.3. The van der Waals surface area contributed by atoms with E-state index in [4.69, 9.17) is 8.85 Å². The minimum atomic E-state index is -2.03. The fourth-order valence-corrected chi connectivity index (χ4v) is 5.65. The molecule has 0 spiro atoms. The molecule has 0 radical (unpaired) electrons. The second-order valence-electron chi connectivity index (χ2n) is 15.2. The number of amides is 4. The van der Waals surface area contributed by atoms with Crippen molar-refractivity contribution in [1.82, 2.24) is 16.0 Å². The van der Waals surface area contributed by atoms with Crippen LogP contribution in [0.25, 0.3) is 0 Å². The van der Waals surface area contributed by atoms with Gasteiger partial charge in [0.2, 0.25) is 23.6 Å². The van der Waals surface area contributed by atoms with E-state index in [1.165, 1.54) is 12.0 Å². The minimum Gasteiger partial charge on any atom is -0.469 e. The average molecular weight is 709 g/mol. The van der Waals surface area contributed by atoms with E-state index >= 15 is 0 Å². The minimum absolute atomic E-state index is 0.0466. The van der Waals surface area contributed by atoms with E-state index in [-0.39, 0.29) is 60.3 Å². The van der Waals surface area contributed by atoms with Crippen LogP contribution in [0, 0.1) is 0 Å². The molecule has 4 amide bonds. The summed E-state index contributed by atoms with van der Waals surface area (Å²) < 4.78 is 17.5. The molecular formula is C34H60N4O8Si2. The van der Waals surface area contributed by atoms with Gasteiger partial charge < -0.3 is 34.4 Å². The lowest BCUT2D eigenvalue weighted by atomic mass is 10.1. The fourth-order valence-electron chi connectivity index (χ4n) is 3.73. The van der Waals surface area contributed by atoms with E-state index in [0.717, 1.165) is 11.1 Å². The number of anilines is 1. The van der Waals surface area contributed by atoms with Gasteiger partial charge in [-0.1, -0.05) is 47.6 Å². The first-order chi connectivity index (χ1) is 22.0. The number of methoxy groups -OCH3 is 1. The Bertz CT molecular complexity index is 1220. The van der Waals surface area contributed by atoms with E-state index in [1.807, 2.05) is 12.1 Å². The van der Waals surface area contributed by atoms with Gasteiger partial charge in [-0.15, -0.1) is 0 Å². The number of benzene rings is 1. The number of hydrogen-bond donors (Lipinski definition) is 3. The van der Waals surface area contributed by atoms with Crippen molar-refractivity contribution in [2.45, 2.75) is 117 Å². The van der Waals surface area contributed by atoms with Crippen molar-refractivity contribution in [1.29, 1.82) is 0 Å². The van der Waals surface area contributed by atoms with Crippen molar-refractivity contribution in [2.24, 2.45) is 0 Å². The number of esters is 1. The Kier molecular flexibility index (Phi) is 16.7. The molecule has 14 heteroatoms. The van der Waals surface area contributed by atoms with E-state index in [0.29, 0.717) is 31.7 Å². The fraction of sp³-hybridized carbons (Fsp3) is 0.676. The molecule has 1 aromatic rings. The second-order valence-corrected chi connectivity index (χ2v) is 24.8. The van der Waals surface area contributed by atoms with Crippen LogP contribution in [0.1, 0.15) is 78.4 Å². The highest BCUT2D eigenvalue weighted by Gasteiger charge is 2.38. The van der Waals surface area contributed by atoms with Gasteiger partial charge >= 0.3 is 5.97 Å². The zero-order valence-electron chi connectivity index (χ0n) is 31.3. The standard InChI is InChI=1S/C34H60N4O8Si2/c1-33(2,3)47(9,10)45-23-25-17-26(24-46-48(11,12)34(4,5)6)19-27(18-25)38(7)31(42)22-37-30(41)21-36-29(40)20-35-28(39)15-13-14-16-32(43)44-8/h17-19H,13-16,20-24H2,1-12H3,(H,35,39)(H,36,40)(H,37,41). The lowest BCUT2D eigenvalue weighted by molar-refractivity contribution is -0.140. The molecule has 0 aromatic heterocycles. The Labute approximate surface area is 289 Å². The maximum atomic E-state index is 13.1. The smallest absolute Gasteiger partial charge is 0.305 e. The second kappa shape index (κ2) is 18.6. The Hall–Kier alpha value is -3.08. The average Bonchev–Trinajstić information content (AvgIpc) is 2.99. The maximum absolute atomic E-state index is 13.1. The molecule has 1 aromatic carbocycles. The molecule has 48 heavy (non-hydrogen) atoms. The van der Waals surface area contributed by atoms with E-state index in [9.17, 15) is 24.0 Å². The lowest BCUT2D eigenvalue weighted by Crippen LogP contribution is -2.44. The Morgan fingerprint density at radius 2 is 1.08 bits per heavy atom. The SMILES string of the molecule is COC(=O)CCCCC(=O)NCC(=O)NCC(=O)NCC(=O)N(C)c1cc(CO[Si](C)(C)C(C)(C)C)cc(CO[Si](C)(C)C(C)(C)C)c1. The van der Waals surface area contributed by atoms with Crippen LogP contribution < -0.4 is 20.9 Å². The summed E-state index contributed by atoms with van der Waals surface area (Å²) in [5.74, 6) is -2.10. The monoisotopic (exact) mass is 708 g/mol. The molecule has 0 fully saturated rings. The Balaban J connectivity index is 2.79. The summed E-state index contributed by atoms with van der Waals surface area (Å²) in [7, 11) is -1.09. The number of hydrogen-bond acceptors (Lipinski definition) is 8. The van der Waals surface area contributed by atoms with Crippen LogP contribution in [0.15, 0.2) is 18.2 Å². The van der Waals surface area contributed by atoms with E-state index in [1.54, 1.807) is 7.05 Å². The Morgan fingerprint density at radius 1 is 0.667 bits per heavy atom. The molecule has 3 N–H and O–H groups in total. The number of nitrogens with one attached hydrogen (secondary N) is 3. The highest BCUT2D eigenvalue weighted by Crippen LogP contribution is 2.38. The van der Waals surface area contributed by atoms with Crippen LogP contribution in [0.4, 0.5) is 5.69 Å². The lowest BCUT2D eigenvalue weighted by Gasteiger charge is -2.36. The quantitative estimate of drug-likeness (QED) is 0.112. The molecule has 272 valence electrons.